The van der Waals surface area contributed by atoms with Gasteiger partial charge in [0, 0.05) is 54.5 Å². The summed E-state index contributed by atoms with van der Waals surface area (Å²) < 4.78 is 4.40. The Kier molecular flexibility index (Phi) is 8.21. The highest BCUT2D eigenvalue weighted by Gasteiger charge is 2.27. The van der Waals surface area contributed by atoms with Crippen LogP contribution in [0.3, 0.4) is 0 Å². The van der Waals surface area contributed by atoms with Gasteiger partial charge >= 0.3 is 0 Å². The molecule has 5 N–H and O–H groups in total. The van der Waals surface area contributed by atoms with Crippen molar-refractivity contribution in [1.82, 2.24) is 39.0 Å². The lowest BCUT2D eigenvalue weighted by molar-refractivity contribution is 0.216. The summed E-state index contributed by atoms with van der Waals surface area (Å²) in [6.45, 7) is 0. The molecule has 2 aliphatic rings. The van der Waals surface area contributed by atoms with E-state index < -0.39 is 6.10 Å². The molecule has 226 valence electrons. The van der Waals surface area contributed by atoms with Gasteiger partial charge in [0.1, 0.15) is 41.7 Å². The first-order valence-electron chi connectivity index (χ1n) is 14.8. The van der Waals surface area contributed by atoms with Crippen LogP contribution in [0.5, 0.6) is 0 Å². The van der Waals surface area contributed by atoms with Crippen LogP contribution in [-0.4, -0.2) is 44.1 Å². The SMILES string of the molecule is C.Nc1ncnc2c1c(C(O)c1ccccn1)cn2C1CCC1.Nc1ncnc2c1c(Cc1ccccn1)cn2C1CCC1. The molecule has 0 amide bonds. The van der Waals surface area contributed by atoms with E-state index in [4.69, 9.17) is 11.5 Å². The quantitative estimate of drug-likeness (QED) is 0.225. The van der Waals surface area contributed by atoms with Gasteiger partial charge in [-0.05, 0) is 68.4 Å². The standard InChI is InChI=1S/C16H17N5O.C16H17N5.CH4/c17-15-13-11(14(22)12-6-1-2-7-18-12)8-21(10-4-3-5-10)16(13)20-9-19-15;17-15-14-11(8-12-4-1-2-7-18-12)9-21(13-5-3-6-13)16(14)20-10-19-15;/h1-2,6-10,14,22H,3-5H2,(H2,17,19,20);1-2,4,7,9-10,13H,3,5-6,8H2,(H2,17,19,20);1H4. The summed E-state index contributed by atoms with van der Waals surface area (Å²) in [5.74, 6) is 0.956. The molecule has 6 aromatic heterocycles. The zero-order chi connectivity index (χ0) is 29.3. The third-order valence-corrected chi connectivity index (χ3v) is 8.68. The van der Waals surface area contributed by atoms with E-state index in [0.717, 1.165) is 58.2 Å². The number of aromatic nitrogens is 8. The number of nitrogen functional groups attached to an aromatic ring is 2. The normalized spacial score (nSPS) is 15.6. The van der Waals surface area contributed by atoms with Crippen molar-refractivity contribution in [2.75, 3.05) is 11.5 Å². The zero-order valence-electron chi connectivity index (χ0n) is 23.8. The second kappa shape index (κ2) is 12.4. The number of fused-ring (bicyclic) bond motifs is 2. The van der Waals surface area contributed by atoms with Crippen molar-refractivity contribution in [3.05, 3.63) is 96.4 Å². The van der Waals surface area contributed by atoms with Gasteiger partial charge in [-0.25, -0.2) is 19.9 Å². The molecule has 2 saturated carbocycles. The molecule has 6 heterocycles. The maximum absolute atomic E-state index is 10.7. The van der Waals surface area contributed by atoms with Crippen LogP contribution in [0.4, 0.5) is 11.6 Å². The highest BCUT2D eigenvalue weighted by molar-refractivity contribution is 5.91. The maximum atomic E-state index is 10.7. The van der Waals surface area contributed by atoms with E-state index in [0.29, 0.717) is 29.4 Å². The Morgan fingerprint density at radius 3 is 1.89 bits per heavy atom. The Hall–Kier alpha value is -4.90. The van der Waals surface area contributed by atoms with Crippen LogP contribution < -0.4 is 11.5 Å². The number of anilines is 2. The predicted octanol–water partition coefficient (Wildman–Crippen LogP) is 5.58. The Balaban J connectivity index is 0.000000153. The van der Waals surface area contributed by atoms with Gasteiger partial charge in [0.2, 0.25) is 0 Å². The van der Waals surface area contributed by atoms with Crippen molar-refractivity contribution in [1.29, 1.82) is 0 Å². The summed E-state index contributed by atoms with van der Waals surface area (Å²) in [4.78, 5) is 25.7. The van der Waals surface area contributed by atoms with Crippen LogP contribution in [0.2, 0.25) is 0 Å². The van der Waals surface area contributed by atoms with Crippen molar-refractivity contribution >= 4 is 33.7 Å². The molecule has 0 bridgehead atoms. The molecule has 11 heteroatoms. The average molecular weight is 591 g/mol. The third-order valence-electron chi connectivity index (χ3n) is 8.68. The van der Waals surface area contributed by atoms with Gasteiger partial charge in [-0.15, -0.1) is 0 Å². The largest absolute Gasteiger partial charge is 0.383 e. The number of pyridine rings is 2. The summed E-state index contributed by atoms with van der Waals surface area (Å²) in [6, 6.07) is 12.4. The molecular weight excluding hydrogens is 552 g/mol. The average Bonchev–Trinajstić information content (AvgIpc) is 3.53. The van der Waals surface area contributed by atoms with E-state index in [1.165, 1.54) is 32.0 Å². The van der Waals surface area contributed by atoms with Gasteiger partial charge in [0.05, 0.1) is 16.5 Å². The predicted molar refractivity (Wildman–Crippen MR) is 172 cm³/mol. The number of aliphatic hydroxyl groups is 1. The van der Waals surface area contributed by atoms with Crippen molar-refractivity contribution in [3.8, 4) is 0 Å². The van der Waals surface area contributed by atoms with Gasteiger partial charge < -0.3 is 25.7 Å². The van der Waals surface area contributed by atoms with Crippen LogP contribution in [0.1, 0.15) is 86.7 Å². The minimum Gasteiger partial charge on any atom is -0.383 e. The molecule has 44 heavy (non-hydrogen) atoms. The van der Waals surface area contributed by atoms with Gasteiger partial charge in [0.25, 0.3) is 0 Å². The molecule has 0 saturated heterocycles. The first-order chi connectivity index (χ1) is 21.1. The summed E-state index contributed by atoms with van der Waals surface area (Å²) in [5, 5.41) is 12.4. The number of hydrogen-bond acceptors (Lipinski definition) is 9. The molecule has 0 aromatic carbocycles. The van der Waals surface area contributed by atoms with Gasteiger partial charge in [-0.1, -0.05) is 19.6 Å². The van der Waals surface area contributed by atoms with Gasteiger partial charge in [-0.2, -0.15) is 0 Å². The number of rotatable bonds is 6. The maximum Gasteiger partial charge on any atom is 0.146 e. The molecule has 1 atom stereocenters. The summed E-state index contributed by atoms with van der Waals surface area (Å²) in [7, 11) is 0. The molecule has 2 fully saturated rings. The Morgan fingerprint density at radius 2 is 1.32 bits per heavy atom. The van der Waals surface area contributed by atoms with Crippen LogP contribution in [0.15, 0.2) is 73.8 Å². The number of hydrogen-bond donors (Lipinski definition) is 3. The van der Waals surface area contributed by atoms with Crippen molar-refractivity contribution in [2.45, 2.75) is 70.6 Å². The van der Waals surface area contributed by atoms with E-state index in [1.54, 1.807) is 18.6 Å². The fourth-order valence-electron chi connectivity index (χ4n) is 5.95. The number of nitrogens with zero attached hydrogens (tertiary/aromatic N) is 8. The molecule has 8 rings (SSSR count). The molecule has 0 aliphatic heterocycles. The lowest BCUT2D eigenvalue weighted by atomic mass is 9.93. The first-order valence-corrected chi connectivity index (χ1v) is 14.8. The van der Waals surface area contributed by atoms with Gasteiger partial charge in [0.15, 0.2) is 0 Å². The molecular formula is C33H38N10O. The lowest BCUT2D eigenvalue weighted by Gasteiger charge is -2.27. The third kappa shape index (κ3) is 5.35. The highest BCUT2D eigenvalue weighted by Crippen LogP contribution is 2.39. The summed E-state index contributed by atoms with van der Waals surface area (Å²) in [6.07, 6.45) is 17.8. The summed E-state index contributed by atoms with van der Waals surface area (Å²) in [5.41, 5.74) is 17.4. The molecule has 0 spiro atoms. The second-order valence-corrected chi connectivity index (χ2v) is 11.3. The molecule has 0 radical (unpaired) electrons. The van der Waals surface area contributed by atoms with Crippen LogP contribution in [-0.2, 0) is 6.42 Å². The zero-order valence-corrected chi connectivity index (χ0v) is 23.8. The molecule has 6 aromatic rings. The Morgan fingerprint density at radius 1 is 0.727 bits per heavy atom. The van der Waals surface area contributed by atoms with E-state index in [1.807, 2.05) is 42.7 Å². The van der Waals surface area contributed by atoms with Crippen LogP contribution in [0, 0.1) is 0 Å². The Bertz CT molecular complexity index is 1860. The fourth-order valence-corrected chi connectivity index (χ4v) is 5.95. The second-order valence-electron chi connectivity index (χ2n) is 11.3. The van der Waals surface area contributed by atoms with Crippen molar-refractivity contribution in [2.24, 2.45) is 0 Å². The van der Waals surface area contributed by atoms with E-state index in [2.05, 4.69) is 45.2 Å². The lowest BCUT2D eigenvalue weighted by Crippen LogP contribution is -2.16. The number of nitrogens with two attached hydrogens (primary N) is 2. The topological polar surface area (TPSA) is 159 Å². The van der Waals surface area contributed by atoms with Gasteiger partial charge in [-0.3, -0.25) is 9.97 Å². The molecule has 2 aliphatic carbocycles. The monoisotopic (exact) mass is 590 g/mol. The molecule has 1 unspecified atom stereocenters. The van der Waals surface area contributed by atoms with Crippen LogP contribution >= 0.6 is 0 Å². The minimum atomic E-state index is -0.835. The van der Waals surface area contributed by atoms with E-state index in [-0.39, 0.29) is 7.43 Å². The van der Waals surface area contributed by atoms with Crippen molar-refractivity contribution in [3.63, 3.8) is 0 Å². The van der Waals surface area contributed by atoms with E-state index in [9.17, 15) is 5.11 Å². The molecule has 11 nitrogen and oxygen atoms in total. The van der Waals surface area contributed by atoms with E-state index >= 15 is 0 Å². The minimum absolute atomic E-state index is 0. The Labute approximate surface area is 256 Å². The van der Waals surface area contributed by atoms with Crippen LogP contribution in [0.25, 0.3) is 22.1 Å². The first kappa shape index (κ1) is 29.2. The summed E-state index contributed by atoms with van der Waals surface area (Å²) >= 11 is 0. The highest BCUT2D eigenvalue weighted by atomic mass is 16.3. The smallest absolute Gasteiger partial charge is 0.146 e. The van der Waals surface area contributed by atoms with Crippen molar-refractivity contribution < 1.29 is 5.11 Å². The fraction of sp³-hybridized carbons (Fsp3) is 0.333. The number of aliphatic hydroxyl groups excluding tert-OH is 1.